The predicted molar refractivity (Wildman–Crippen MR) is 69.8 cm³/mol. The molecule has 1 heterocycles. The molecule has 100 valence electrons. The van der Waals surface area contributed by atoms with Crippen LogP contribution < -0.4 is 5.73 Å². The van der Waals surface area contributed by atoms with Gasteiger partial charge in [0, 0.05) is 19.3 Å². The van der Waals surface area contributed by atoms with Crippen LogP contribution in [0.3, 0.4) is 0 Å². The van der Waals surface area contributed by atoms with Gasteiger partial charge in [0.15, 0.2) is 0 Å². The lowest BCUT2D eigenvalue weighted by molar-refractivity contribution is -0.144. The lowest BCUT2D eigenvalue weighted by Crippen LogP contribution is -2.32. The number of rotatable bonds is 8. The average Bonchev–Trinajstić information content (AvgIpc) is 2.37. The van der Waals surface area contributed by atoms with Gasteiger partial charge in [-0.25, -0.2) is 0 Å². The Labute approximate surface area is 108 Å². The van der Waals surface area contributed by atoms with Gasteiger partial charge in [-0.3, -0.25) is 14.7 Å². The zero-order chi connectivity index (χ0) is 13.2. The molecule has 1 rings (SSSR count). The SMILES string of the molecule is CCOC(=O)CN(CCCN)Cc1ccccn1. The summed E-state index contributed by atoms with van der Waals surface area (Å²) in [5.74, 6) is -0.203. The molecule has 0 bridgehead atoms. The Morgan fingerprint density at radius 3 is 2.94 bits per heavy atom. The molecule has 0 aliphatic heterocycles. The fraction of sp³-hybridized carbons (Fsp3) is 0.538. The van der Waals surface area contributed by atoms with Crippen molar-refractivity contribution in [1.29, 1.82) is 0 Å². The molecule has 5 nitrogen and oxygen atoms in total. The van der Waals surface area contributed by atoms with Gasteiger partial charge in [0.25, 0.3) is 0 Å². The number of nitrogens with zero attached hydrogens (tertiary/aromatic N) is 2. The van der Waals surface area contributed by atoms with Crippen molar-refractivity contribution in [3.63, 3.8) is 0 Å². The van der Waals surface area contributed by atoms with Crippen LogP contribution in [0.25, 0.3) is 0 Å². The lowest BCUT2D eigenvalue weighted by atomic mass is 10.3. The van der Waals surface area contributed by atoms with Crippen LogP contribution >= 0.6 is 0 Å². The van der Waals surface area contributed by atoms with Crippen molar-refractivity contribution >= 4 is 5.97 Å². The van der Waals surface area contributed by atoms with Crippen LogP contribution in [0, 0.1) is 0 Å². The van der Waals surface area contributed by atoms with Gasteiger partial charge in [0.05, 0.1) is 18.8 Å². The van der Waals surface area contributed by atoms with E-state index in [0.717, 1.165) is 18.7 Å². The van der Waals surface area contributed by atoms with Crippen LogP contribution in [0.2, 0.25) is 0 Å². The quantitative estimate of drug-likeness (QED) is 0.692. The van der Waals surface area contributed by atoms with Crippen LogP contribution in [-0.4, -0.2) is 42.1 Å². The monoisotopic (exact) mass is 251 g/mol. The smallest absolute Gasteiger partial charge is 0.320 e. The Morgan fingerprint density at radius 1 is 1.50 bits per heavy atom. The minimum absolute atomic E-state index is 0.203. The minimum Gasteiger partial charge on any atom is -0.465 e. The first-order valence-electron chi connectivity index (χ1n) is 6.24. The molecular weight excluding hydrogens is 230 g/mol. The highest BCUT2D eigenvalue weighted by Crippen LogP contribution is 2.02. The van der Waals surface area contributed by atoms with Crippen LogP contribution in [0.4, 0.5) is 0 Å². The fourth-order valence-electron chi connectivity index (χ4n) is 1.64. The van der Waals surface area contributed by atoms with Crippen LogP contribution in [0.1, 0.15) is 19.0 Å². The molecule has 0 unspecified atom stereocenters. The van der Waals surface area contributed by atoms with Crippen molar-refractivity contribution in [2.75, 3.05) is 26.2 Å². The number of hydrogen-bond donors (Lipinski definition) is 1. The van der Waals surface area contributed by atoms with E-state index in [0.29, 0.717) is 19.7 Å². The number of esters is 1. The average molecular weight is 251 g/mol. The maximum Gasteiger partial charge on any atom is 0.320 e. The molecule has 0 spiro atoms. The summed E-state index contributed by atoms with van der Waals surface area (Å²) in [6.07, 6.45) is 2.60. The van der Waals surface area contributed by atoms with Crippen molar-refractivity contribution in [2.45, 2.75) is 19.9 Å². The molecule has 5 heteroatoms. The first-order chi connectivity index (χ1) is 8.76. The molecule has 1 aromatic rings. The zero-order valence-electron chi connectivity index (χ0n) is 10.8. The van der Waals surface area contributed by atoms with Gasteiger partial charge in [0.2, 0.25) is 0 Å². The van der Waals surface area contributed by atoms with Crippen LogP contribution in [0.5, 0.6) is 0 Å². The maximum absolute atomic E-state index is 11.5. The zero-order valence-corrected chi connectivity index (χ0v) is 10.8. The molecule has 0 radical (unpaired) electrons. The molecular formula is C13H21N3O2. The van der Waals surface area contributed by atoms with E-state index in [1.807, 2.05) is 23.1 Å². The summed E-state index contributed by atoms with van der Waals surface area (Å²) in [5.41, 5.74) is 6.44. The number of carbonyl (C=O) groups excluding carboxylic acids is 1. The standard InChI is InChI=1S/C13H21N3O2/c1-2-18-13(17)11-16(9-5-7-14)10-12-6-3-4-8-15-12/h3-4,6,8H,2,5,7,9-11,14H2,1H3. The van der Waals surface area contributed by atoms with Gasteiger partial charge in [-0.1, -0.05) is 6.07 Å². The molecule has 0 saturated carbocycles. The second kappa shape index (κ2) is 8.60. The molecule has 0 saturated heterocycles. The van der Waals surface area contributed by atoms with Crippen LogP contribution in [0.15, 0.2) is 24.4 Å². The number of hydrogen-bond acceptors (Lipinski definition) is 5. The third-order valence-electron chi connectivity index (χ3n) is 2.45. The summed E-state index contributed by atoms with van der Waals surface area (Å²) < 4.78 is 4.96. The number of aromatic nitrogens is 1. The number of nitrogens with two attached hydrogens (primary N) is 1. The highest BCUT2D eigenvalue weighted by molar-refractivity contribution is 5.71. The summed E-state index contributed by atoms with van der Waals surface area (Å²) in [6.45, 7) is 4.52. The Hall–Kier alpha value is -1.46. The Balaban J connectivity index is 2.52. The normalized spacial score (nSPS) is 10.6. The van der Waals surface area contributed by atoms with Crippen molar-refractivity contribution in [3.8, 4) is 0 Å². The molecule has 0 fully saturated rings. The number of pyridine rings is 1. The largest absolute Gasteiger partial charge is 0.465 e. The summed E-state index contributed by atoms with van der Waals surface area (Å²) in [6, 6.07) is 5.76. The molecule has 0 aliphatic rings. The Bertz CT molecular complexity index is 343. The van der Waals surface area contributed by atoms with E-state index in [-0.39, 0.29) is 12.5 Å². The van der Waals surface area contributed by atoms with Gasteiger partial charge in [-0.15, -0.1) is 0 Å². The highest BCUT2D eigenvalue weighted by Gasteiger charge is 2.12. The van der Waals surface area contributed by atoms with Crippen molar-refractivity contribution < 1.29 is 9.53 Å². The molecule has 0 amide bonds. The molecule has 2 N–H and O–H groups in total. The number of ether oxygens (including phenoxy) is 1. The number of carbonyl (C=O) groups is 1. The molecule has 1 aromatic heterocycles. The molecule has 0 aromatic carbocycles. The lowest BCUT2D eigenvalue weighted by Gasteiger charge is -2.20. The van der Waals surface area contributed by atoms with Gasteiger partial charge in [-0.2, -0.15) is 0 Å². The fourth-order valence-corrected chi connectivity index (χ4v) is 1.64. The topological polar surface area (TPSA) is 68.5 Å². The summed E-state index contributed by atoms with van der Waals surface area (Å²) in [4.78, 5) is 17.8. The summed E-state index contributed by atoms with van der Waals surface area (Å²) >= 11 is 0. The second-order valence-electron chi connectivity index (χ2n) is 3.98. The van der Waals surface area contributed by atoms with E-state index in [4.69, 9.17) is 10.5 Å². The first kappa shape index (κ1) is 14.6. The summed E-state index contributed by atoms with van der Waals surface area (Å²) in [7, 11) is 0. The van der Waals surface area contributed by atoms with Gasteiger partial charge in [-0.05, 0) is 32.0 Å². The Morgan fingerprint density at radius 2 is 2.33 bits per heavy atom. The molecule has 0 atom stereocenters. The van der Waals surface area contributed by atoms with Gasteiger partial charge in [0.1, 0.15) is 0 Å². The third kappa shape index (κ3) is 5.75. The molecule has 0 aliphatic carbocycles. The minimum atomic E-state index is -0.203. The maximum atomic E-state index is 11.5. The van der Waals surface area contributed by atoms with E-state index in [2.05, 4.69) is 4.98 Å². The van der Waals surface area contributed by atoms with E-state index in [9.17, 15) is 4.79 Å². The third-order valence-corrected chi connectivity index (χ3v) is 2.45. The molecule has 18 heavy (non-hydrogen) atoms. The van der Waals surface area contributed by atoms with E-state index in [1.165, 1.54) is 0 Å². The van der Waals surface area contributed by atoms with E-state index < -0.39 is 0 Å². The van der Waals surface area contributed by atoms with Crippen LogP contribution in [-0.2, 0) is 16.1 Å². The predicted octanol–water partition coefficient (Wildman–Crippen LogP) is 0.795. The van der Waals surface area contributed by atoms with E-state index in [1.54, 1.807) is 13.1 Å². The Kier molecular flexibility index (Phi) is 6.98. The van der Waals surface area contributed by atoms with Crippen molar-refractivity contribution in [1.82, 2.24) is 9.88 Å². The first-order valence-corrected chi connectivity index (χ1v) is 6.24. The van der Waals surface area contributed by atoms with E-state index >= 15 is 0 Å². The van der Waals surface area contributed by atoms with Crippen molar-refractivity contribution in [2.24, 2.45) is 5.73 Å². The van der Waals surface area contributed by atoms with Crippen molar-refractivity contribution in [3.05, 3.63) is 30.1 Å². The second-order valence-corrected chi connectivity index (χ2v) is 3.98. The summed E-state index contributed by atoms with van der Waals surface area (Å²) in [5, 5.41) is 0. The highest BCUT2D eigenvalue weighted by atomic mass is 16.5. The van der Waals surface area contributed by atoms with Gasteiger partial charge >= 0.3 is 5.97 Å². The van der Waals surface area contributed by atoms with Gasteiger partial charge < -0.3 is 10.5 Å².